The Morgan fingerprint density at radius 3 is 2.28 bits per heavy atom. The predicted octanol–water partition coefficient (Wildman–Crippen LogP) is 2.91. The third-order valence-corrected chi connectivity index (χ3v) is 6.77. The number of rotatable bonds is 4. The minimum Gasteiger partial charge on any atom is -0.497 e. The van der Waals surface area contributed by atoms with Crippen LogP contribution in [0.2, 0.25) is 0 Å². The van der Waals surface area contributed by atoms with E-state index in [-0.39, 0.29) is 16.7 Å². The van der Waals surface area contributed by atoms with Gasteiger partial charge in [0.15, 0.2) is 0 Å². The quantitative estimate of drug-likeness (QED) is 0.671. The second-order valence-corrected chi connectivity index (χ2v) is 7.73. The SMILES string of the molecule is COc1ccc(C(=O)O/N=C2/CC3(C(N)=O)CCC2(C)C3(C)C)cc1. The molecular formula is C19H24N2O4. The van der Waals surface area contributed by atoms with Crippen molar-refractivity contribution in [2.75, 3.05) is 7.11 Å². The van der Waals surface area contributed by atoms with E-state index in [4.69, 9.17) is 15.3 Å². The van der Waals surface area contributed by atoms with Crippen molar-refractivity contribution in [2.45, 2.75) is 40.0 Å². The van der Waals surface area contributed by atoms with Crippen molar-refractivity contribution in [3.63, 3.8) is 0 Å². The van der Waals surface area contributed by atoms with Gasteiger partial charge in [0.1, 0.15) is 5.75 Å². The molecule has 2 aliphatic rings. The molecule has 2 saturated carbocycles. The van der Waals surface area contributed by atoms with Crippen LogP contribution in [0.1, 0.15) is 50.4 Å². The number of amides is 1. The zero-order valence-corrected chi connectivity index (χ0v) is 15.1. The third kappa shape index (κ3) is 2.27. The van der Waals surface area contributed by atoms with E-state index in [9.17, 15) is 9.59 Å². The highest BCUT2D eigenvalue weighted by Crippen LogP contribution is 2.70. The summed E-state index contributed by atoms with van der Waals surface area (Å²) < 4.78 is 5.07. The molecule has 6 nitrogen and oxygen atoms in total. The fourth-order valence-electron chi connectivity index (χ4n) is 4.44. The first-order valence-corrected chi connectivity index (χ1v) is 8.41. The maximum Gasteiger partial charge on any atom is 0.365 e. The molecule has 0 spiro atoms. The summed E-state index contributed by atoms with van der Waals surface area (Å²) in [6.45, 7) is 6.18. The molecule has 0 aromatic heterocycles. The number of hydrogen-bond donors (Lipinski definition) is 1. The molecule has 0 heterocycles. The van der Waals surface area contributed by atoms with Gasteiger partial charge >= 0.3 is 5.97 Å². The van der Waals surface area contributed by atoms with Crippen LogP contribution in [0.25, 0.3) is 0 Å². The number of oxime groups is 1. The Balaban J connectivity index is 1.83. The fourth-order valence-corrected chi connectivity index (χ4v) is 4.44. The molecule has 0 saturated heterocycles. The number of fused-ring (bicyclic) bond motifs is 2. The number of primary amides is 1. The summed E-state index contributed by atoms with van der Waals surface area (Å²) in [4.78, 5) is 29.6. The normalized spacial score (nSPS) is 31.1. The lowest BCUT2D eigenvalue weighted by Crippen LogP contribution is -2.44. The van der Waals surface area contributed by atoms with Gasteiger partial charge in [-0.1, -0.05) is 25.9 Å². The van der Waals surface area contributed by atoms with Crippen LogP contribution in [0.15, 0.2) is 29.4 Å². The van der Waals surface area contributed by atoms with E-state index in [1.807, 2.05) is 0 Å². The van der Waals surface area contributed by atoms with Crippen LogP contribution in [0, 0.1) is 16.2 Å². The summed E-state index contributed by atoms with van der Waals surface area (Å²) in [5, 5.41) is 4.15. The van der Waals surface area contributed by atoms with Crippen molar-refractivity contribution in [2.24, 2.45) is 27.1 Å². The monoisotopic (exact) mass is 344 g/mol. The number of hydrogen-bond acceptors (Lipinski definition) is 5. The van der Waals surface area contributed by atoms with Crippen molar-refractivity contribution in [3.05, 3.63) is 29.8 Å². The molecule has 1 aromatic carbocycles. The van der Waals surface area contributed by atoms with Crippen LogP contribution in [-0.4, -0.2) is 24.7 Å². The lowest BCUT2D eigenvalue weighted by molar-refractivity contribution is -0.132. The molecule has 0 radical (unpaired) electrons. The van der Waals surface area contributed by atoms with Gasteiger partial charge in [0.2, 0.25) is 5.91 Å². The standard InChI is InChI=1S/C19H24N2O4/c1-17(2)18(3)9-10-19(17,16(20)23)11-14(18)21-25-15(22)12-5-7-13(24-4)8-6-12/h5-8H,9-11H2,1-4H3,(H2,20,23)/b21-14-. The molecule has 2 aliphatic carbocycles. The third-order valence-electron chi connectivity index (χ3n) is 6.77. The summed E-state index contributed by atoms with van der Waals surface area (Å²) in [5.74, 6) is -0.172. The van der Waals surface area contributed by atoms with Crippen LogP contribution in [-0.2, 0) is 9.63 Å². The van der Waals surface area contributed by atoms with Gasteiger partial charge < -0.3 is 15.3 Å². The van der Waals surface area contributed by atoms with Crippen molar-refractivity contribution < 1.29 is 19.2 Å². The fraction of sp³-hybridized carbons (Fsp3) is 0.526. The zero-order chi connectivity index (χ0) is 18.5. The highest BCUT2D eigenvalue weighted by atomic mass is 16.7. The average Bonchev–Trinajstić information content (AvgIpc) is 2.90. The van der Waals surface area contributed by atoms with E-state index in [1.165, 1.54) is 0 Å². The number of carbonyl (C=O) groups is 2. The van der Waals surface area contributed by atoms with E-state index in [2.05, 4.69) is 25.9 Å². The van der Waals surface area contributed by atoms with E-state index >= 15 is 0 Å². The number of ether oxygens (including phenoxy) is 1. The Bertz CT molecular complexity index is 753. The predicted molar refractivity (Wildman–Crippen MR) is 93.2 cm³/mol. The van der Waals surface area contributed by atoms with Crippen LogP contribution in [0.4, 0.5) is 0 Å². The van der Waals surface area contributed by atoms with Crippen LogP contribution in [0.3, 0.4) is 0 Å². The molecule has 1 aromatic rings. The first-order valence-electron chi connectivity index (χ1n) is 8.41. The first kappa shape index (κ1) is 17.5. The Morgan fingerprint density at radius 1 is 1.12 bits per heavy atom. The van der Waals surface area contributed by atoms with E-state index in [0.717, 1.165) is 18.6 Å². The van der Waals surface area contributed by atoms with Gasteiger partial charge in [-0.25, -0.2) is 4.79 Å². The lowest BCUT2D eigenvalue weighted by Gasteiger charge is -2.38. The zero-order valence-electron chi connectivity index (χ0n) is 15.1. The van der Waals surface area contributed by atoms with Crippen molar-refractivity contribution >= 4 is 17.6 Å². The minimum absolute atomic E-state index is 0.298. The molecule has 0 aliphatic heterocycles. The van der Waals surface area contributed by atoms with Gasteiger partial charge in [-0.2, -0.15) is 0 Å². The van der Waals surface area contributed by atoms with Gasteiger partial charge in [0, 0.05) is 11.8 Å². The maximum atomic E-state index is 12.2. The van der Waals surface area contributed by atoms with Gasteiger partial charge in [-0.05, 0) is 42.5 Å². The van der Waals surface area contributed by atoms with Crippen molar-refractivity contribution in [1.29, 1.82) is 0 Å². The summed E-state index contributed by atoms with van der Waals surface area (Å²) in [6, 6.07) is 6.62. The largest absolute Gasteiger partial charge is 0.497 e. The molecular weight excluding hydrogens is 320 g/mol. The van der Waals surface area contributed by atoms with Crippen LogP contribution in [0.5, 0.6) is 5.75 Å². The summed E-state index contributed by atoms with van der Waals surface area (Å²) in [7, 11) is 1.56. The van der Waals surface area contributed by atoms with E-state index in [1.54, 1.807) is 31.4 Å². The molecule has 3 rings (SSSR count). The first-order chi connectivity index (χ1) is 11.7. The molecule has 2 N–H and O–H groups in total. The maximum absolute atomic E-state index is 12.2. The summed E-state index contributed by atoms with van der Waals surface area (Å²) in [5.41, 5.74) is 5.62. The molecule has 2 atom stereocenters. The molecule has 2 unspecified atom stereocenters. The van der Waals surface area contributed by atoms with E-state index < -0.39 is 11.4 Å². The average molecular weight is 344 g/mol. The smallest absolute Gasteiger partial charge is 0.365 e. The molecule has 134 valence electrons. The second kappa shape index (κ2) is 5.58. The molecule has 6 heteroatoms. The van der Waals surface area contributed by atoms with Gasteiger partial charge in [0.05, 0.1) is 23.8 Å². The second-order valence-electron chi connectivity index (χ2n) is 7.73. The number of carbonyl (C=O) groups excluding carboxylic acids is 2. The molecule has 2 bridgehead atoms. The van der Waals surface area contributed by atoms with Gasteiger partial charge in [-0.3, -0.25) is 4.79 Å². The Kier molecular flexibility index (Phi) is 3.89. The van der Waals surface area contributed by atoms with Crippen LogP contribution < -0.4 is 10.5 Å². The number of nitrogens with zero attached hydrogens (tertiary/aromatic N) is 1. The topological polar surface area (TPSA) is 91.0 Å². The highest BCUT2D eigenvalue weighted by Gasteiger charge is 2.71. The van der Waals surface area contributed by atoms with Gasteiger partial charge in [0.25, 0.3) is 0 Å². The molecule has 25 heavy (non-hydrogen) atoms. The van der Waals surface area contributed by atoms with Crippen molar-refractivity contribution in [3.8, 4) is 5.75 Å². The Hall–Kier alpha value is -2.37. The lowest BCUT2D eigenvalue weighted by atomic mass is 9.64. The van der Waals surface area contributed by atoms with Crippen molar-refractivity contribution in [1.82, 2.24) is 0 Å². The van der Waals surface area contributed by atoms with E-state index in [0.29, 0.717) is 17.7 Å². The molecule has 1 amide bonds. The summed E-state index contributed by atoms with van der Waals surface area (Å²) in [6.07, 6.45) is 2.00. The summed E-state index contributed by atoms with van der Waals surface area (Å²) >= 11 is 0. The number of methoxy groups -OCH3 is 1. The minimum atomic E-state index is -0.618. The van der Waals surface area contributed by atoms with Gasteiger partial charge in [-0.15, -0.1) is 0 Å². The number of benzene rings is 1. The highest BCUT2D eigenvalue weighted by molar-refractivity contribution is 6.02. The molecule has 2 fully saturated rings. The van der Waals surface area contributed by atoms with Crippen LogP contribution >= 0.6 is 0 Å². The Labute approximate surface area is 147 Å². The number of nitrogens with two attached hydrogens (primary N) is 1. The Morgan fingerprint density at radius 2 is 1.76 bits per heavy atom.